The van der Waals surface area contributed by atoms with Crippen LogP contribution in [0.25, 0.3) is 0 Å². The molecule has 0 bridgehead atoms. The minimum atomic E-state index is 0.337. The Morgan fingerprint density at radius 3 is 2.30 bits per heavy atom. The van der Waals surface area contributed by atoms with Gasteiger partial charge in [0.2, 0.25) is 0 Å². The second kappa shape index (κ2) is 7.07. The summed E-state index contributed by atoms with van der Waals surface area (Å²) < 4.78 is 8.11. The van der Waals surface area contributed by atoms with Crippen LogP contribution in [-0.2, 0) is 6.61 Å². The summed E-state index contributed by atoms with van der Waals surface area (Å²) in [7, 11) is 0. The number of halogens is 4. The molecule has 6 heteroatoms. The van der Waals surface area contributed by atoms with Crippen LogP contribution in [0, 0.1) is 0 Å². The first kappa shape index (κ1) is 16.0. The molecular weight excluding hydrogens is 475 g/mol. The number of benzene rings is 2. The van der Waals surface area contributed by atoms with E-state index in [1.165, 1.54) is 0 Å². The monoisotopic (exact) mass is 480 g/mol. The van der Waals surface area contributed by atoms with Crippen LogP contribution in [0.4, 0.5) is 0 Å². The fourth-order valence-corrected chi connectivity index (χ4v) is 3.75. The fourth-order valence-electron chi connectivity index (χ4n) is 1.57. The molecule has 2 aromatic rings. The number of carbonyl (C=O) groups is 1. The minimum absolute atomic E-state index is 0.337. The summed E-state index contributed by atoms with van der Waals surface area (Å²) in [6.45, 7) is 0.337. The van der Waals surface area contributed by atoms with Crippen molar-refractivity contribution < 1.29 is 9.53 Å². The van der Waals surface area contributed by atoms with Crippen LogP contribution >= 0.6 is 59.4 Å². The second-order valence-corrected chi connectivity index (χ2v) is 6.99. The molecule has 0 spiro atoms. The van der Waals surface area contributed by atoms with E-state index in [-0.39, 0.29) is 0 Å². The van der Waals surface area contributed by atoms with Gasteiger partial charge in [-0.15, -0.1) is 0 Å². The molecule has 20 heavy (non-hydrogen) atoms. The molecule has 2 aromatic carbocycles. The van der Waals surface area contributed by atoms with Crippen molar-refractivity contribution in [1.29, 1.82) is 0 Å². The predicted octanol–water partition coefficient (Wildman–Crippen LogP) is 6.02. The van der Waals surface area contributed by atoms with Crippen molar-refractivity contribution >= 4 is 65.7 Å². The van der Waals surface area contributed by atoms with Crippen molar-refractivity contribution in [1.82, 2.24) is 0 Å². The first-order chi connectivity index (χ1) is 9.51. The zero-order valence-corrected chi connectivity index (χ0v) is 15.5. The number of hydrogen-bond acceptors (Lipinski definition) is 2. The highest BCUT2D eigenvalue weighted by Gasteiger charge is 2.10. The van der Waals surface area contributed by atoms with Crippen molar-refractivity contribution in [3.8, 4) is 5.75 Å². The molecule has 0 N–H and O–H groups in total. The Morgan fingerprint density at radius 1 is 1.10 bits per heavy atom. The smallest absolute Gasteiger partial charge is 0.150 e. The Bertz CT molecular complexity index is 636. The molecule has 0 aliphatic carbocycles. The van der Waals surface area contributed by atoms with Gasteiger partial charge in [-0.2, -0.15) is 0 Å². The normalized spacial score (nSPS) is 10.4. The summed E-state index contributed by atoms with van der Waals surface area (Å²) >= 11 is 16.3. The zero-order valence-electron chi connectivity index (χ0n) is 10.00. The van der Waals surface area contributed by atoms with Crippen LogP contribution in [0.1, 0.15) is 15.9 Å². The van der Waals surface area contributed by atoms with E-state index in [0.717, 1.165) is 16.3 Å². The standard InChI is InChI=1S/C14H8Br3ClO2/c15-10-2-1-9(13(18)5-10)7-20-14-11(16)3-8(6-19)4-12(14)17/h1-6H,7H2. The highest BCUT2D eigenvalue weighted by atomic mass is 79.9. The third-order valence-corrected chi connectivity index (χ3v) is 4.57. The maximum Gasteiger partial charge on any atom is 0.150 e. The summed E-state index contributed by atoms with van der Waals surface area (Å²) in [5.41, 5.74) is 1.45. The van der Waals surface area contributed by atoms with E-state index in [2.05, 4.69) is 47.8 Å². The highest BCUT2D eigenvalue weighted by Crippen LogP contribution is 2.35. The second-order valence-electron chi connectivity index (χ2n) is 3.96. The molecule has 2 nitrogen and oxygen atoms in total. The molecular formula is C14H8Br3ClO2. The summed E-state index contributed by atoms with van der Waals surface area (Å²) in [6, 6.07) is 9.03. The summed E-state index contributed by atoms with van der Waals surface area (Å²) in [5, 5.41) is 0.635. The number of aldehydes is 1. The van der Waals surface area contributed by atoms with Crippen molar-refractivity contribution in [2.75, 3.05) is 0 Å². The Balaban J connectivity index is 2.21. The summed E-state index contributed by atoms with van der Waals surface area (Å²) in [5.74, 6) is 0.634. The third-order valence-electron chi connectivity index (χ3n) is 2.54. The lowest BCUT2D eigenvalue weighted by atomic mass is 10.2. The van der Waals surface area contributed by atoms with Crippen LogP contribution in [-0.4, -0.2) is 6.29 Å². The molecule has 0 saturated heterocycles. The summed E-state index contributed by atoms with van der Waals surface area (Å²) in [4.78, 5) is 10.8. The molecule has 0 unspecified atom stereocenters. The SMILES string of the molecule is O=Cc1cc(Br)c(OCc2ccc(Br)cc2Cl)c(Br)c1. The number of ether oxygens (including phenoxy) is 1. The van der Waals surface area contributed by atoms with E-state index in [4.69, 9.17) is 16.3 Å². The molecule has 104 valence electrons. The van der Waals surface area contributed by atoms with Gasteiger partial charge in [-0.25, -0.2) is 0 Å². The zero-order chi connectivity index (χ0) is 14.7. The Morgan fingerprint density at radius 2 is 1.75 bits per heavy atom. The Labute approximate surface area is 146 Å². The lowest BCUT2D eigenvalue weighted by molar-refractivity contribution is 0.112. The molecule has 0 aromatic heterocycles. The fraction of sp³-hybridized carbons (Fsp3) is 0.0714. The van der Waals surface area contributed by atoms with Gasteiger partial charge in [0, 0.05) is 20.6 Å². The Hall–Kier alpha value is -0.360. The van der Waals surface area contributed by atoms with E-state index < -0.39 is 0 Å². The molecule has 0 heterocycles. The number of hydrogen-bond donors (Lipinski definition) is 0. The van der Waals surface area contributed by atoms with Gasteiger partial charge in [-0.1, -0.05) is 33.6 Å². The van der Waals surface area contributed by atoms with Crippen LogP contribution in [0.2, 0.25) is 5.02 Å². The van der Waals surface area contributed by atoms with Gasteiger partial charge in [0.05, 0.1) is 8.95 Å². The van der Waals surface area contributed by atoms with Crippen LogP contribution in [0.15, 0.2) is 43.7 Å². The van der Waals surface area contributed by atoms with Crippen LogP contribution in [0.5, 0.6) is 5.75 Å². The first-order valence-electron chi connectivity index (χ1n) is 5.52. The highest BCUT2D eigenvalue weighted by molar-refractivity contribution is 9.11. The van der Waals surface area contributed by atoms with E-state index in [1.54, 1.807) is 12.1 Å². The molecule has 2 rings (SSSR count). The lowest BCUT2D eigenvalue weighted by Gasteiger charge is -2.12. The number of rotatable bonds is 4. The van der Waals surface area contributed by atoms with Gasteiger partial charge >= 0.3 is 0 Å². The topological polar surface area (TPSA) is 26.3 Å². The predicted molar refractivity (Wildman–Crippen MR) is 90.7 cm³/mol. The van der Waals surface area contributed by atoms with Crippen molar-refractivity contribution in [2.45, 2.75) is 6.61 Å². The van der Waals surface area contributed by atoms with E-state index in [1.807, 2.05) is 18.2 Å². The van der Waals surface area contributed by atoms with Gasteiger partial charge < -0.3 is 4.74 Å². The summed E-state index contributed by atoms with van der Waals surface area (Å²) in [6.07, 6.45) is 0.783. The van der Waals surface area contributed by atoms with Crippen molar-refractivity contribution in [3.05, 3.63) is 59.9 Å². The van der Waals surface area contributed by atoms with Crippen molar-refractivity contribution in [3.63, 3.8) is 0 Å². The van der Waals surface area contributed by atoms with E-state index >= 15 is 0 Å². The lowest BCUT2D eigenvalue weighted by Crippen LogP contribution is -1.98. The van der Waals surface area contributed by atoms with E-state index in [9.17, 15) is 4.79 Å². The maximum absolute atomic E-state index is 10.8. The van der Waals surface area contributed by atoms with Gasteiger partial charge in [0.1, 0.15) is 18.6 Å². The molecule has 0 amide bonds. The average molecular weight is 483 g/mol. The molecule has 0 radical (unpaired) electrons. The first-order valence-corrected chi connectivity index (χ1v) is 8.28. The van der Waals surface area contributed by atoms with Gasteiger partial charge in [-0.05, 0) is 56.1 Å². The number of carbonyl (C=O) groups excluding carboxylic acids is 1. The van der Waals surface area contributed by atoms with Gasteiger partial charge in [0.15, 0.2) is 0 Å². The molecule has 0 saturated carbocycles. The molecule has 0 aliphatic heterocycles. The van der Waals surface area contributed by atoms with Crippen LogP contribution < -0.4 is 4.74 Å². The molecule has 0 aliphatic rings. The minimum Gasteiger partial charge on any atom is -0.486 e. The maximum atomic E-state index is 10.8. The molecule has 0 atom stereocenters. The van der Waals surface area contributed by atoms with Crippen LogP contribution in [0.3, 0.4) is 0 Å². The molecule has 0 fully saturated rings. The average Bonchev–Trinajstić information content (AvgIpc) is 2.39. The van der Waals surface area contributed by atoms with E-state index in [0.29, 0.717) is 31.9 Å². The van der Waals surface area contributed by atoms with Gasteiger partial charge in [-0.3, -0.25) is 4.79 Å². The quantitative estimate of drug-likeness (QED) is 0.498. The van der Waals surface area contributed by atoms with Gasteiger partial charge in [0.25, 0.3) is 0 Å². The van der Waals surface area contributed by atoms with Crippen molar-refractivity contribution in [2.24, 2.45) is 0 Å². The Kier molecular flexibility index (Phi) is 5.66. The third kappa shape index (κ3) is 3.85. The largest absolute Gasteiger partial charge is 0.486 e.